The Labute approximate surface area is 187 Å². The topological polar surface area (TPSA) is 76.1 Å². The standard InChI is InChI=1S/C26H25NO5/c1-18-7-13-23(14-8-18)32-24(16-20-9-11-22(28)12-10-20)25(29)27-21(17-31-26(27)30)15-19-5-3-2-4-6-19/h2-14,21,24,28H,15-17H2,1H3. The molecule has 0 aromatic heterocycles. The lowest BCUT2D eigenvalue weighted by Crippen LogP contribution is -2.48. The Kier molecular flexibility index (Phi) is 6.40. The summed E-state index contributed by atoms with van der Waals surface area (Å²) < 4.78 is 11.3. The number of phenolic OH excluding ortho intramolecular Hbond substituents is 1. The Morgan fingerprint density at radius 3 is 2.41 bits per heavy atom. The van der Waals surface area contributed by atoms with E-state index in [9.17, 15) is 14.7 Å². The van der Waals surface area contributed by atoms with Gasteiger partial charge in [0.05, 0.1) is 6.04 Å². The molecule has 0 spiro atoms. The van der Waals surface area contributed by atoms with Crippen LogP contribution >= 0.6 is 0 Å². The second-order valence-electron chi connectivity index (χ2n) is 7.92. The molecule has 1 aliphatic heterocycles. The molecule has 6 heteroatoms. The average Bonchev–Trinajstić information content (AvgIpc) is 3.16. The summed E-state index contributed by atoms with van der Waals surface area (Å²) in [6.07, 6.45) is -0.825. The van der Waals surface area contributed by atoms with Gasteiger partial charge in [0.2, 0.25) is 0 Å². The molecule has 0 aliphatic carbocycles. The van der Waals surface area contributed by atoms with E-state index in [0.717, 1.165) is 16.7 Å². The van der Waals surface area contributed by atoms with Crippen molar-refractivity contribution in [3.8, 4) is 11.5 Å². The third-order valence-electron chi connectivity index (χ3n) is 5.44. The molecule has 6 nitrogen and oxygen atoms in total. The molecule has 4 rings (SSSR count). The Bertz CT molecular complexity index is 1020. The van der Waals surface area contributed by atoms with Crippen LogP contribution in [0.3, 0.4) is 0 Å². The van der Waals surface area contributed by atoms with Crippen molar-refractivity contribution in [1.82, 2.24) is 4.90 Å². The second kappa shape index (κ2) is 9.56. The van der Waals surface area contributed by atoms with Crippen LogP contribution < -0.4 is 4.74 Å². The van der Waals surface area contributed by atoms with Gasteiger partial charge < -0.3 is 14.6 Å². The fourth-order valence-corrected chi connectivity index (χ4v) is 3.73. The van der Waals surface area contributed by atoms with Crippen LogP contribution in [0.25, 0.3) is 0 Å². The van der Waals surface area contributed by atoms with Crippen molar-refractivity contribution in [2.45, 2.75) is 31.9 Å². The molecular formula is C26H25NO5. The van der Waals surface area contributed by atoms with Gasteiger partial charge >= 0.3 is 6.09 Å². The lowest BCUT2D eigenvalue weighted by molar-refractivity contribution is -0.136. The van der Waals surface area contributed by atoms with Gasteiger partial charge in [-0.3, -0.25) is 4.79 Å². The first kappa shape index (κ1) is 21.4. The van der Waals surface area contributed by atoms with Gasteiger partial charge in [-0.2, -0.15) is 0 Å². The molecule has 0 radical (unpaired) electrons. The highest BCUT2D eigenvalue weighted by atomic mass is 16.6. The van der Waals surface area contributed by atoms with Crippen molar-refractivity contribution in [2.24, 2.45) is 0 Å². The summed E-state index contributed by atoms with van der Waals surface area (Å²) in [4.78, 5) is 27.2. The van der Waals surface area contributed by atoms with Crippen LogP contribution in [0, 0.1) is 6.92 Å². The molecule has 1 aliphatic rings. The van der Waals surface area contributed by atoms with Crippen molar-refractivity contribution in [2.75, 3.05) is 6.61 Å². The maximum Gasteiger partial charge on any atom is 0.417 e. The van der Waals surface area contributed by atoms with E-state index in [1.54, 1.807) is 36.4 Å². The quantitative estimate of drug-likeness (QED) is 0.604. The number of amides is 2. The van der Waals surface area contributed by atoms with E-state index in [1.807, 2.05) is 49.4 Å². The third kappa shape index (κ3) is 5.09. The molecule has 3 aromatic rings. The second-order valence-corrected chi connectivity index (χ2v) is 7.92. The molecule has 0 bridgehead atoms. The number of nitrogens with zero attached hydrogens (tertiary/aromatic N) is 1. The number of phenols is 1. The lowest BCUT2D eigenvalue weighted by Gasteiger charge is -2.26. The zero-order valence-corrected chi connectivity index (χ0v) is 17.8. The molecule has 164 valence electrons. The van der Waals surface area contributed by atoms with Crippen molar-refractivity contribution >= 4 is 12.0 Å². The van der Waals surface area contributed by atoms with Gasteiger partial charge in [0, 0.05) is 6.42 Å². The van der Waals surface area contributed by atoms with Crippen molar-refractivity contribution < 1.29 is 24.2 Å². The normalized spacial score (nSPS) is 16.5. The molecule has 1 saturated heterocycles. The summed E-state index contributed by atoms with van der Waals surface area (Å²) in [5.41, 5.74) is 2.90. The summed E-state index contributed by atoms with van der Waals surface area (Å²) in [6.45, 7) is 2.12. The molecule has 2 atom stereocenters. The minimum atomic E-state index is -0.925. The average molecular weight is 431 g/mol. The van der Waals surface area contributed by atoms with E-state index < -0.39 is 24.1 Å². The van der Waals surface area contributed by atoms with Crippen LogP contribution in [0.2, 0.25) is 0 Å². The predicted molar refractivity (Wildman–Crippen MR) is 120 cm³/mol. The highest BCUT2D eigenvalue weighted by Gasteiger charge is 2.41. The number of carbonyl (C=O) groups excluding carboxylic acids is 2. The predicted octanol–water partition coefficient (Wildman–Crippen LogP) is 4.28. The van der Waals surface area contributed by atoms with Crippen LogP contribution in [0.1, 0.15) is 16.7 Å². The Hall–Kier alpha value is -3.80. The summed E-state index contributed by atoms with van der Waals surface area (Å²) in [5.74, 6) is 0.240. The Morgan fingerprint density at radius 2 is 1.72 bits per heavy atom. The van der Waals surface area contributed by atoms with Gasteiger partial charge in [-0.25, -0.2) is 9.69 Å². The van der Waals surface area contributed by atoms with Gasteiger partial charge in [-0.15, -0.1) is 0 Å². The molecule has 0 saturated carbocycles. The maximum absolute atomic E-state index is 13.5. The third-order valence-corrected chi connectivity index (χ3v) is 5.44. The van der Waals surface area contributed by atoms with Gasteiger partial charge in [0.1, 0.15) is 18.1 Å². The van der Waals surface area contributed by atoms with Crippen molar-refractivity contribution in [3.05, 3.63) is 95.6 Å². The zero-order valence-electron chi connectivity index (χ0n) is 17.8. The van der Waals surface area contributed by atoms with Crippen LogP contribution in [0.15, 0.2) is 78.9 Å². The Morgan fingerprint density at radius 1 is 1.03 bits per heavy atom. The number of aryl methyl sites for hydroxylation is 1. The minimum absolute atomic E-state index is 0.141. The van der Waals surface area contributed by atoms with E-state index in [0.29, 0.717) is 12.2 Å². The van der Waals surface area contributed by atoms with E-state index in [-0.39, 0.29) is 18.8 Å². The first-order valence-corrected chi connectivity index (χ1v) is 10.5. The highest BCUT2D eigenvalue weighted by Crippen LogP contribution is 2.23. The van der Waals surface area contributed by atoms with Gasteiger partial charge in [0.15, 0.2) is 6.10 Å². The number of benzene rings is 3. The molecule has 1 heterocycles. The van der Waals surface area contributed by atoms with Gasteiger partial charge in [-0.1, -0.05) is 60.2 Å². The first-order valence-electron chi connectivity index (χ1n) is 10.5. The lowest BCUT2D eigenvalue weighted by atomic mass is 10.0. The van der Waals surface area contributed by atoms with Crippen molar-refractivity contribution in [3.63, 3.8) is 0 Å². The summed E-state index contributed by atoms with van der Waals surface area (Å²) in [7, 11) is 0. The summed E-state index contributed by atoms with van der Waals surface area (Å²) in [6, 6.07) is 23.3. The fraction of sp³-hybridized carbons (Fsp3) is 0.231. The van der Waals surface area contributed by atoms with E-state index >= 15 is 0 Å². The monoisotopic (exact) mass is 431 g/mol. The van der Waals surface area contributed by atoms with Gasteiger partial charge in [0.25, 0.3) is 5.91 Å². The molecule has 1 N–H and O–H groups in total. The van der Waals surface area contributed by atoms with Crippen LogP contribution in [-0.2, 0) is 22.4 Å². The number of rotatable bonds is 7. The Balaban J connectivity index is 1.58. The summed E-state index contributed by atoms with van der Waals surface area (Å²) >= 11 is 0. The minimum Gasteiger partial charge on any atom is -0.508 e. The van der Waals surface area contributed by atoms with E-state index in [2.05, 4.69) is 0 Å². The molecule has 2 amide bonds. The molecule has 1 fully saturated rings. The smallest absolute Gasteiger partial charge is 0.417 e. The molecule has 2 unspecified atom stereocenters. The molecule has 3 aromatic carbocycles. The fourth-order valence-electron chi connectivity index (χ4n) is 3.73. The van der Waals surface area contributed by atoms with Crippen LogP contribution in [-0.4, -0.2) is 40.8 Å². The van der Waals surface area contributed by atoms with Crippen LogP contribution in [0.5, 0.6) is 11.5 Å². The number of cyclic esters (lactones) is 1. The zero-order chi connectivity index (χ0) is 22.5. The number of hydrogen-bond acceptors (Lipinski definition) is 5. The number of aromatic hydroxyl groups is 1. The number of ether oxygens (including phenoxy) is 2. The SMILES string of the molecule is Cc1ccc(OC(Cc2ccc(O)cc2)C(=O)N2C(=O)OCC2Cc2ccccc2)cc1. The van der Waals surface area contributed by atoms with Gasteiger partial charge in [-0.05, 0) is 48.7 Å². The highest BCUT2D eigenvalue weighted by molar-refractivity contribution is 5.96. The largest absolute Gasteiger partial charge is 0.508 e. The van der Waals surface area contributed by atoms with E-state index in [4.69, 9.17) is 9.47 Å². The first-order chi connectivity index (χ1) is 15.5. The number of carbonyl (C=O) groups is 2. The van der Waals surface area contributed by atoms with E-state index in [1.165, 1.54) is 4.90 Å². The molecule has 32 heavy (non-hydrogen) atoms. The number of hydrogen-bond donors (Lipinski definition) is 1. The number of imide groups is 1. The molecular weight excluding hydrogens is 406 g/mol. The van der Waals surface area contributed by atoms with Crippen LogP contribution in [0.4, 0.5) is 4.79 Å². The van der Waals surface area contributed by atoms with Crippen molar-refractivity contribution in [1.29, 1.82) is 0 Å². The summed E-state index contributed by atoms with van der Waals surface area (Å²) in [5, 5.41) is 9.58. The maximum atomic E-state index is 13.5.